The fourth-order valence-corrected chi connectivity index (χ4v) is 5.15. The van der Waals surface area contributed by atoms with E-state index < -0.39 is 26.0 Å². The number of nitro groups is 1. The molecule has 2 aromatic rings. The number of piperidine rings is 2. The van der Waals surface area contributed by atoms with Crippen molar-refractivity contribution in [3.05, 3.63) is 40.7 Å². The second-order valence-electron chi connectivity index (χ2n) is 10.1. The molecule has 3 heterocycles. The summed E-state index contributed by atoms with van der Waals surface area (Å²) in [6.45, 7) is 5.90. The first-order chi connectivity index (χ1) is 16.8. The number of nitrogens with one attached hydrogen (secondary N) is 1. The second-order valence-corrected chi connectivity index (χ2v) is 12.1. The smallest absolute Gasteiger partial charge is 0.410 e. The summed E-state index contributed by atoms with van der Waals surface area (Å²) in [7, 11) is -3.37. The molecule has 3 aliphatic rings. The molecule has 0 spiro atoms. The zero-order valence-electron chi connectivity index (χ0n) is 20.5. The van der Waals surface area contributed by atoms with Crippen LogP contribution < -0.4 is 10.1 Å². The number of fused-ring (bicyclic) bond motifs is 3. The number of nitrogens with zero attached hydrogens (tertiary/aromatic N) is 4. The van der Waals surface area contributed by atoms with E-state index in [1.54, 1.807) is 4.90 Å². The Balaban J connectivity index is 1.51. The molecule has 1 amide bonds. The van der Waals surface area contributed by atoms with E-state index in [9.17, 15) is 23.3 Å². The Morgan fingerprint density at radius 3 is 2.44 bits per heavy atom. The van der Waals surface area contributed by atoms with Gasteiger partial charge in [0.2, 0.25) is 5.82 Å². The topological polar surface area (TPSA) is 154 Å². The Hall–Kier alpha value is -3.48. The van der Waals surface area contributed by atoms with Crippen LogP contribution >= 0.6 is 0 Å². The summed E-state index contributed by atoms with van der Waals surface area (Å²) in [6.07, 6.45) is 3.70. The molecular formula is C23H29N5O7S. The number of aromatic nitrogens is 2. The lowest BCUT2D eigenvalue weighted by molar-refractivity contribution is -0.385. The highest BCUT2D eigenvalue weighted by Crippen LogP contribution is 2.40. The van der Waals surface area contributed by atoms with Crippen molar-refractivity contribution in [2.24, 2.45) is 5.92 Å². The third-order valence-corrected chi connectivity index (χ3v) is 7.31. The van der Waals surface area contributed by atoms with Gasteiger partial charge in [-0.25, -0.2) is 18.2 Å². The van der Waals surface area contributed by atoms with Gasteiger partial charge in [-0.3, -0.25) is 10.1 Å². The summed E-state index contributed by atoms with van der Waals surface area (Å²) in [6, 6.07) is 5.71. The van der Waals surface area contributed by atoms with Crippen molar-refractivity contribution in [2.45, 2.75) is 62.7 Å². The van der Waals surface area contributed by atoms with Crippen LogP contribution in [0.5, 0.6) is 5.88 Å². The van der Waals surface area contributed by atoms with Gasteiger partial charge in [-0.2, -0.15) is 4.98 Å². The standard InChI is InChI=1S/C23H29N5O7S/c1-23(2,3)35-22(29)27-12-14-5-8-16(27)11-18(14)34-21-19(28(30)31)20(24-13-25-21)26-15-6-9-17(10-7-15)36(4,32)33/h6-7,9-10,13-14,16,18H,5,8,11-12H2,1-4H3,(H,24,25,26). The van der Waals surface area contributed by atoms with Crippen LogP contribution in [0.25, 0.3) is 0 Å². The number of ether oxygens (including phenoxy) is 2. The van der Waals surface area contributed by atoms with Gasteiger partial charge in [-0.05, 0) is 57.9 Å². The van der Waals surface area contributed by atoms with E-state index in [2.05, 4.69) is 15.3 Å². The van der Waals surface area contributed by atoms with Gasteiger partial charge in [0, 0.05) is 36.9 Å². The number of hydrogen-bond donors (Lipinski definition) is 1. The van der Waals surface area contributed by atoms with Crippen LogP contribution in [0.4, 0.5) is 22.0 Å². The fraction of sp³-hybridized carbons (Fsp3) is 0.522. The molecule has 1 aromatic heterocycles. The van der Waals surface area contributed by atoms with Crippen LogP contribution in [0.3, 0.4) is 0 Å². The number of anilines is 2. The van der Waals surface area contributed by atoms with Gasteiger partial charge in [0.25, 0.3) is 5.88 Å². The predicted molar refractivity (Wildman–Crippen MR) is 130 cm³/mol. The van der Waals surface area contributed by atoms with E-state index >= 15 is 0 Å². The lowest BCUT2D eigenvalue weighted by atomic mass is 9.78. The van der Waals surface area contributed by atoms with Crippen molar-refractivity contribution >= 4 is 33.1 Å². The van der Waals surface area contributed by atoms with Crippen molar-refractivity contribution < 1.29 is 27.6 Å². The first-order valence-corrected chi connectivity index (χ1v) is 13.4. The normalized spacial score (nSPS) is 21.7. The van der Waals surface area contributed by atoms with Crippen LogP contribution in [0.15, 0.2) is 35.5 Å². The first-order valence-electron chi connectivity index (χ1n) is 11.5. The lowest BCUT2D eigenvalue weighted by Gasteiger charge is -2.48. The minimum Gasteiger partial charge on any atom is -0.469 e. The highest BCUT2D eigenvalue weighted by Gasteiger charge is 2.45. The van der Waals surface area contributed by atoms with Gasteiger partial charge in [0.15, 0.2) is 9.84 Å². The number of amides is 1. The fourth-order valence-electron chi connectivity index (χ4n) is 4.52. The summed E-state index contributed by atoms with van der Waals surface area (Å²) in [5.41, 5.74) is -0.602. The molecule has 1 saturated carbocycles. The highest BCUT2D eigenvalue weighted by atomic mass is 32.2. The zero-order chi connectivity index (χ0) is 26.3. The molecule has 0 radical (unpaired) electrons. The maximum Gasteiger partial charge on any atom is 0.410 e. The molecule has 194 valence electrons. The van der Waals surface area contributed by atoms with Gasteiger partial charge in [-0.1, -0.05) is 0 Å². The van der Waals surface area contributed by atoms with E-state index in [1.165, 1.54) is 30.6 Å². The van der Waals surface area contributed by atoms with E-state index in [0.717, 1.165) is 19.1 Å². The number of rotatable bonds is 6. The molecule has 5 rings (SSSR count). The maximum absolute atomic E-state index is 12.6. The summed E-state index contributed by atoms with van der Waals surface area (Å²) in [5.74, 6) is -0.253. The minimum absolute atomic E-state index is 0.0166. The van der Waals surface area contributed by atoms with E-state index in [-0.39, 0.29) is 40.8 Å². The van der Waals surface area contributed by atoms with Gasteiger partial charge in [-0.15, -0.1) is 0 Å². The SMILES string of the molecule is CC(C)(C)OC(=O)N1CC2CCC1CC2Oc1ncnc(Nc2ccc(S(C)(=O)=O)cc2)c1[N+](=O)[O-]. The van der Waals surface area contributed by atoms with E-state index in [1.807, 2.05) is 20.8 Å². The third-order valence-electron chi connectivity index (χ3n) is 6.18. The largest absolute Gasteiger partial charge is 0.469 e. The number of hydrogen-bond acceptors (Lipinski definition) is 10. The van der Waals surface area contributed by atoms with Crippen molar-refractivity contribution in [3.8, 4) is 5.88 Å². The maximum atomic E-state index is 12.6. The van der Waals surface area contributed by atoms with Gasteiger partial charge in [0.1, 0.15) is 18.0 Å². The average Bonchev–Trinajstić information content (AvgIpc) is 2.78. The van der Waals surface area contributed by atoms with Crippen molar-refractivity contribution in [3.63, 3.8) is 0 Å². The third kappa shape index (κ3) is 5.66. The number of carbonyl (C=O) groups excluding carboxylic acids is 1. The Morgan fingerprint density at radius 2 is 1.89 bits per heavy atom. The molecule has 1 aliphatic carbocycles. The quantitative estimate of drug-likeness (QED) is 0.441. The van der Waals surface area contributed by atoms with Crippen LogP contribution in [-0.2, 0) is 14.6 Å². The van der Waals surface area contributed by atoms with Gasteiger partial charge < -0.3 is 19.7 Å². The molecule has 13 heteroatoms. The zero-order valence-corrected chi connectivity index (χ0v) is 21.3. The molecule has 2 saturated heterocycles. The van der Waals surface area contributed by atoms with Crippen LogP contribution in [0, 0.1) is 16.0 Å². The van der Waals surface area contributed by atoms with Crippen molar-refractivity contribution in [1.29, 1.82) is 0 Å². The van der Waals surface area contributed by atoms with Gasteiger partial charge in [0.05, 0.1) is 9.82 Å². The average molecular weight is 520 g/mol. The molecule has 2 bridgehead atoms. The number of carbonyl (C=O) groups is 1. The Morgan fingerprint density at radius 1 is 1.19 bits per heavy atom. The van der Waals surface area contributed by atoms with E-state index in [0.29, 0.717) is 18.7 Å². The molecule has 1 N–H and O–H groups in total. The van der Waals surface area contributed by atoms with Crippen molar-refractivity contribution in [2.75, 3.05) is 18.1 Å². The lowest BCUT2D eigenvalue weighted by Crippen LogP contribution is -2.58. The molecule has 2 aliphatic heterocycles. The van der Waals surface area contributed by atoms with Crippen LogP contribution in [0.2, 0.25) is 0 Å². The molecule has 3 atom stereocenters. The Bertz CT molecular complexity index is 1260. The van der Waals surface area contributed by atoms with Crippen LogP contribution in [-0.4, -0.2) is 64.8 Å². The molecule has 12 nitrogen and oxygen atoms in total. The highest BCUT2D eigenvalue weighted by molar-refractivity contribution is 7.90. The van der Waals surface area contributed by atoms with Gasteiger partial charge >= 0.3 is 11.8 Å². The number of benzene rings is 1. The summed E-state index contributed by atoms with van der Waals surface area (Å²) in [4.78, 5) is 33.8. The number of sulfone groups is 1. The Labute approximate surface area is 209 Å². The van der Waals surface area contributed by atoms with Crippen molar-refractivity contribution in [1.82, 2.24) is 14.9 Å². The molecular weight excluding hydrogens is 490 g/mol. The Kier molecular flexibility index (Phi) is 6.78. The molecule has 36 heavy (non-hydrogen) atoms. The summed E-state index contributed by atoms with van der Waals surface area (Å²) >= 11 is 0. The molecule has 1 aromatic carbocycles. The first kappa shape index (κ1) is 25.6. The molecule has 3 fully saturated rings. The second kappa shape index (κ2) is 9.52. The summed E-state index contributed by atoms with van der Waals surface area (Å²) < 4.78 is 34.9. The molecule has 3 unspecified atom stereocenters. The minimum atomic E-state index is -3.37. The van der Waals surface area contributed by atoms with E-state index in [4.69, 9.17) is 9.47 Å². The van der Waals surface area contributed by atoms with Crippen LogP contribution in [0.1, 0.15) is 40.0 Å². The monoisotopic (exact) mass is 519 g/mol. The predicted octanol–water partition coefficient (Wildman–Crippen LogP) is 3.70. The summed E-state index contributed by atoms with van der Waals surface area (Å²) in [5, 5.41) is 14.8.